The third kappa shape index (κ3) is 3.78. The summed E-state index contributed by atoms with van der Waals surface area (Å²) < 4.78 is 32.6. The number of halogens is 1. The summed E-state index contributed by atoms with van der Waals surface area (Å²) in [5.41, 5.74) is 1.05. The summed E-state index contributed by atoms with van der Waals surface area (Å²) in [4.78, 5) is 0.294. The largest absolute Gasteiger partial charge is 0.377 e. The lowest BCUT2D eigenvalue weighted by molar-refractivity contribution is 0.0902. The topological polar surface area (TPSA) is 55.4 Å². The van der Waals surface area contributed by atoms with Crippen LogP contribution >= 0.6 is 15.9 Å². The van der Waals surface area contributed by atoms with E-state index < -0.39 is 10.0 Å². The van der Waals surface area contributed by atoms with Crippen molar-refractivity contribution >= 4 is 26.0 Å². The van der Waals surface area contributed by atoms with Gasteiger partial charge in [-0.15, -0.1) is 0 Å². The maximum atomic E-state index is 12.2. The van der Waals surface area contributed by atoms with Crippen molar-refractivity contribution in [1.82, 2.24) is 4.72 Å². The number of hydrogen-bond donors (Lipinski definition) is 1. The van der Waals surface area contributed by atoms with Gasteiger partial charge in [0, 0.05) is 18.0 Å². The zero-order chi connectivity index (χ0) is 13.9. The van der Waals surface area contributed by atoms with Crippen LogP contribution in [0, 0.1) is 0 Å². The van der Waals surface area contributed by atoms with E-state index >= 15 is 0 Å². The first-order valence-corrected chi connectivity index (χ1v) is 8.92. The van der Waals surface area contributed by atoms with Crippen LogP contribution in [-0.2, 0) is 20.1 Å². The van der Waals surface area contributed by atoms with E-state index in [-0.39, 0.29) is 12.1 Å². The van der Waals surface area contributed by atoms with Gasteiger partial charge in [0.2, 0.25) is 10.0 Å². The summed E-state index contributed by atoms with van der Waals surface area (Å²) in [7, 11) is -3.47. The first-order chi connectivity index (χ1) is 9.03. The fourth-order valence-corrected chi connectivity index (χ4v) is 3.79. The van der Waals surface area contributed by atoms with Crippen molar-refractivity contribution < 1.29 is 13.2 Å². The third-order valence-electron chi connectivity index (χ3n) is 3.25. The molecular formula is C13H18BrNO3S. The van der Waals surface area contributed by atoms with Gasteiger partial charge in [-0.2, -0.15) is 0 Å². The smallest absolute Gasteiger partial charge is 0.240 e. The van der Waals surface area contributed by atoms with Crippen LogP contribution in [0.3, 0.4) is 0 Å². The molecule has 19 heavy (non-hydrogen) atoms. The molecule has 0 spiro atoms. The van der Waals surface area contributed by atoms with E-state index in [4.69, 9.17) is 4.74 Å². The summed E-state index contributed by atoms with van der Waals surface area (Å²) >= 11 is 3.34. The highest BCUT2D eigenvalue weighted by Crippen LogP contribution is 2.18. The monoisotopic (exact) mass is 347 g/mol. The number of rotatable bonds is 5. The number of ether oxygens (including phenoxy) is 1. The number of sulfonamides is 1. The van der Waals surface area contributed by atoms with Crippen molar-refractivity contribution in [2.75, 3.05) is 6.61 Å². The molecule has 106 valence electrons. The molecule has 0 aliphatic carbocycles. The fourth-order valence-electron chi connectivity index (χ4n) is 2.14. The predicted octanol–water partition coefficient (Wildman–Crippen LogP) is 2.43. The molecule has 1 aliphatic rings. The Bertz CT molecular complexity index is 509. The lowest BCUT2D eigenvalue weighted by atomic mass is 10.1. The molecule has 1 fully saturated rings. The maximum absolute atomic E-state index is 12.2. The van der Waals surface area contributed by atoms with Gasteiger partial charge in [-0.25, -0.2) is 13.1 Å². The van der Waals surface area contributed by atoms with E-state index in [9.17, 15) is 8.42 Å². The summed E-state index contributed by atoms with van der Waals surface area (Å²) in [6.07, 6.45) is 1.89. The predicted molar refractivity (Wildman–Crippen MR) is 77.8 cm³/mol. The minimum atomic E-state index is -3.47. The lowest BCUT2D eigenvalue weighted by Gasteiger charge is -2.20. The van der Waals surface area contributed by atoms with E-state index in [1.54, 1.807) is 24.3 Å². The molecule has 0 saturated carbocycles. The summed E-state index contributed by atoms with van der Waals surface area (Å²) in [6, 6.07) is 6.66. The maximum Gasteiger partial charge on any atom is 0.240 e. The molecule has 2 rings (SSSR count). The average molecular weight is 348 g/mol. The Morgan fingerprint density at radius 2 is 2.11 bits per heavy atom. The van der Waals surface area contributed by atoms with Crippen molar-refractivity contribution in [2.45, 2.75) is 42.1 Å². The van der Waals surface area contributed by atoms with Crippen LogP contribution in [0.25, 0.3) is 0 Å². The molecule has 0 aromatic heterocycles. The molecule has 0 bridgehead atoms. The fraction of sp³-hybridized carbons (Fsp3) is 0.538. The quantitative estimate of drug-likeness (QED) is 0.832. The van der Waals surface area contributed by atoms with E-state index in [1.807, 2.05) is 6.92 Å². The first kappa shape index (κ1) is 15.0. The summed E-state index contributed by atoms with van der Waals surface area (Å²) in [6.45, 7) is 2.57. The second kappa shape index (κ2) is 6.35. The average Bonchev–Trinajstić information content (AvgIpc) is 2.92. The minimum absolute atomic E-state index is 0.0170. The highest BCUT2D eigenvalue weighted by molar-refractivity contribution is 9.08. The molecule has 0 radical (unpaired) electrons. The van der Waals surface area contributed by atoms with Crippen LogP contribution in [0.2, 0.25) is 0 Å². The number of benzene rings is 1. The standard InChI is InChI=1S/C13H18BrNO3S/c1-10(13-3-2-8-18-13)15-19(16,17)12-6-4-11(9-14)5-7-12/h4-7,10,13,15H,2-3,8-9H2,1H3. The Labute approximate surface area is 122 Å². The normalized spacial score (nSPS) is 21.5. The second-order valence-electron chi connectivity index (χ2n) is 4.74. The van der Waals surface area contributed by atoms with Crippen LogP contribution in [0.5, 0.6) is 0 Å². The van der Waals surface area contributed by atoms with Crippen molar-refractivity contribution in [3.05, 3.63) is 29.8 Å². The highest BCUT2D eigenvalue weighted by atomic mass is 79.9. The molecule has 0 amide bonds. The molecule has 1 aromatic rings. The van der Waals surface area contributed by atoms with Gasteiger partial charge in [0.25, 0.3) is 0 Å². The summed E-state index contributed by atoms with van der Waals surface area (Å²) in [5, 5.41) is 0.715. The van der Waals surface area contributed by atoms with Crippen LogP contribution in [0.1, 0.15) is 25.3 Å². The van der Waals surface area contributed by atoms with Gasteiger partial charge in [0.05, 0.1) is 11.0 Å². The first-order valence-electron chi connectivity index (χ1n) is 6.32. The van der Waals surface area contributed by atoms with Crippen LogP contribution in [0.15, 0.2) is 29.2 Å². The van der Waals surface area contributed by atoms with Gasteiger partial charge in [-0.05, 0) is 37.5 Å². The molecule has 2 atom stereocenters. The molecule has 1 aromatic carbocycles. The van der Waals surface area contributed by atoms with Gasteiger partial charge < -0.3 is 4.74 Å². The molecule has 1 N–H and O–H groups in total. The van der Waals surface area contributed by atoms with Gasteiger partial charge in [0.15, 0.2) is 0 Å². The van der Waals surface area contributed by atoms with Crippen LogP contribution < -0.4 is 4.72 Å². The van der Waals surface area contributed by atoms with Gasteiger partial charge in [-0.3, -0.25) is 0 Å². The molecule has 4 nitrogen and oxygen atoms in total. The van der Waals surface area contributed by atoms with Crippen LogP contribution in [-0.4, -0.2) is 27.2 Å². The van der Waals surface area contributed by atoms with Gasteiger partial charge in [0.1, 0.15) is 0 Å². The molecular weight excluding hydrogens is 330 g/mol. The molecule has 1 heterocycles. The van der Waals surface area contributed by atoms with E-state index in [0.29, 0.717) is 10.2 Å². The van der Waals surface area contributed by atoms with Crippen molar-refractivity contribution in [3.8, 4) is 0 Å². The Morgan fingerprint density at radius 3 is 2.63 bits per heavy atom. The molecule has 1 saturated heterocycles. The summed E-state index contributed by atoms with van der Waals surface area (Å²) in [5.74, 6) is 0. The lowest BCUT2D eigenvalue weighted by Crippen LogP contribution is -2.40. The van der Waals surface area contributed by atoms with Crippen molar-refractivity contribution in [3.63, 3.8) is 0 Å². The number of nitrogens with one attached hydrogen (secondary N) is 1. The highest BCUT2D eigenvalue weighted by Gasteiger charge is 2.26. The van der Waals surface area contributed by atoms with Gasteiger partial charge >= 0.3 is 0 Å². The Morgan fingerprint density at radius 1 is 1.42 bits per heavy atom. The Kier molecular flexibility index (Phi) is 5.00. The van der Waals surface area contributed by atoms with E-state index in [2.05, 4.69) is 20.7 Å². The Balaban J connectivity index is 2.08. The third-order valence-corrected chi connectivity index (χ3v) is 5.47. The second-order valence-corrected chi connectivity index (χ2v) is 7.01. The van der Waals surface area contributed by atoms with Crippen molar-refractivity contribution in [1.29, 1.82) is 0 Å². The van der Waals surface area contributed by atoms with Crippen molar-refractivity contribution in [2.24, 2.45) is 0 Å². The minimum Gasteiger partial charge on any atom is -0.377 e. The molecule has 1 aliphatic heterocycles. The van der Waals surface area contributed by atoms with E-state index in [1.165, 1.54) is 0 Å². The zero-order valence-corrected chi connectivity index (χ0v) is 13.2. The van der Waals surface area contributed by atoms with Gasteiger partial charge in [-0.1, -0.05) is 28.1 Å². The van der Waals surface area contributed by atoms with E-state index in [0.717, 1.165) is 25.0 Å². The van der Waals surface area contributed by atoms with Crippen LogP contribution in [0.4, 0.5) is 0 Å². The zero-order valence-electron chi connectivity index (χ0n) is 10.8. The number of hydrogen-bond acceptors (Lipinski definition) is 3. The Hall–Kier alpha value is -0.430. The number of alkyl halides is 1. The SMILES string of the molecule is CC(NS(=O)(=O)c1ccc(CBr)cc1)C1CCCO1. The molecule has 2 unspecified atom stereocenters. The molecule has 6 heteroatoms.